The number of rotatable bonds is 4. The molecule has 0 fully saturated rings. The van der Waals surface area contributed by atoms with E-state index in [0.717, 1.165) is 23.8 Å². The molecule has 0 heterocycles. The maximum atomic E-state index is 5.40. The van der Waals surface area contributed by atoms with Gasteiger partial charge in [0.15, 0.2) is 5.11 Å². The fourth-order valence-electron chi connectivity index (χ4n) is 2.73. The highest BCUT2D eigenvalue weighted by Crippen LogP contribution is 2.21. The van der Waals surface area contributed by atoms with Gasteiger partial charge >= 0.3 is 0 Å². The van der Waals surface area contributed by atoms with Crippen molar-refractivity contribution in [3.05, 3.63) is 40.5 Å². The van der Waals surface area contributed by atoms with Gasteiger partial charge in [0.05, 0.1) is 0 Å². The number of benzene rings is 1. The van der Waals surface area contributed by atoms with Crippen LogP contribution in [0.1, 0.15) is 48.8 Å². The molecule has 0 aromatic heterocycles. The Kier molecular flexibility index (Phi) is 5.80. The molecule has 2 N–H and O–H groups in total. The Balaban J connectivity index is 1.82. The molecule has 2 nitrogen and oxygen atoms in total. The predicted molar refractivity (Wildman–Crippen MR) is 96.0 cm³/mol. The zero-order valence-electron chi connectivity index (χ0n) is 13.4. The van der Waals surface area contributed by atoms with Gasteiger partial charge in [0.1, 0.15) is 0 Å². The maximum absolute atomic E-state index is 5.40. The van der Waals surface area contributed by atoms with Crippen LogP contribution >= 0.6 is 12.2 Å². The van der Waals surface area contributed by atoms with E-state index < -0.39 is 0 Å². The number of thiocarbonyl (C=S) groups is 1. The SMILES string of the molecule is Cc1cc(C)c(NC(=S)NCCC2=CCCCC2)cc1C. The normalized spacial score (nSPS) is 14.5. The first-order valence-corrected chi connectivity index (χ1v) is 8.27. The van der Waals surface area contributed by atoms with E-state index in [1.54, 1.807) is 5.57 Å². The van der Waals surface area contributed by atoms with Gasteiger partial charge in [0.25, 0.3) is 0 Å². The van der Waals surface area contributed by atoms with Crippen molar-refractivity contribution in [2.75, 3.05) is 11.9 Å². The summed E-state index contributed by atoms with van der Waals surface area (Å²) in [6.07, 6.45) is 8.71. The van der Waals surface area contributed by atoms with Crippen molar-refractivity contribution in [2.24, 2.45) is 0 Å². The van der Waals surface area contributed by atoms with Crippen LogP contribution in [0.2, 0.25) is 0 Å². The molecule has 0 radical (unpaired) electrons. The Labute approximate surface area is 134 Å². The number of hydrogen-bond acceptors (Lipinski definition) is 1. The first-order chi connectivity index (χ1) is 10.1. The summed E-state index contributed by atoms with van der Waals surface area (Å²) >= 11 is 5.40. The third-order valence-electron chi connectivity index (χ3n) is 4.21. The Morgan fingerprint density at radius 3 is 2.57 bits per heavy atom. The summed E-state index contributed by atoms with van der Waals surface area (Å²) in [6.45, 7) is 7.30. The second kappa shape index (κ2) is 7.60. The van der Waals surface area contributed by atoms with E-state index in [-0.39, 0.29) is 0 Å². The van der Waals surface area contributed by atoms with E-state index in [0.29, 0.717) is 0 Å². The average molecular weight is 302 g/mol. The molecule has 1 aromatic rings. The van der Waals surface area contributed by atoms with E-state index >= 15 is 0 Å². The zero-order chi connectivity index (χ0) is 15.2. The van der Waals surface area contributed by atoms with Gasteiger partial charge in [0.2, 0.25) is 0 Å². The van der Waals surface area contributed by atoms with Gasteiger partial charge in [-0.1, -0.05) is 17.7 Å². The van der Waals surface area contributed by atoms with Crippen LogP contribution in [0.25, 0.3) is 0 Å². The minimum absolute atomic E-state index is 0.720. The molecule has 0 saturated carbocycles. The van der Waals surface area contributed by atoms with Gasteiger partial charge in [-0.05, 0) is 87.8 Å². The largest absolute Gasteiger partial charge is 0.362 e. The molecule has 1 aromatic carbocycles. The first kappa shape index (κ1) is 16.0. The molecule has 0 bridgehead atoms. The van der Waals surface area contributed by atoms with Gasteiger partial charge in [-0.15, -0.1) is 0 Å². The summed E-state index contributed by atoms with van der Waals surface area (Å²) < 4.78 is 0. The maximum Gasteiger partial charge on any atom is 0.170 e. The average Bonchev–Trinajstić information content (AvgIpc) is 2.46. The molecule has 0 spiro atoms. The number of hydrogen-bond donors (Lipinski definition) is 2. The van der Waals surface area contributed by atoms with E-state index in [4.69, 9.17) is 12.2 Å². The Morgan fingerprint density at radius 2 is 1.86 bits per heavy atom. The molecule has 114 valence electrons. The molecule has 0 atom stereocenters. The summed E-state index contributed by atoms with van der Waals surface area (Å²) in [5.41, 5.74) is 6.53. The molecule has 0 aliphatic heterocycles. The van der Waals surface area contributed by atoms with Crippen LogP contribution < -0.4 is 10.6 Å². The van der Waals surface area contributed by atoms with Gasteiger partial charge in [-0.2, -0.15) is 0 Å². The highest BCUT2D eigenvalue weighted by molar-refractivity contribution is 7.80. The van der Waals surface area contributed by atoms with Crippen LogP contribution in [0.4, 0.5) is 5.69 Å². The topological polar surface area (TPSA) is 24.1 Å². The number of nitrogens with one attached hydrogen (secondary N) is 2. The summed E-state index contributed by atoms with van der Waals surface area (Å²) in [5, 5.41) is 7.36. The van der Waals surface area contributed by atoms with Crippen molar-refractivity contribution in [1.29, 1.82) is 0 Å². The second-order valence-electron chi connectivity index (χ2n) is 5.99. The standard InChI is InChI=1S/C18H26N2S/c1-13-11-15(3)17(12-14(13)2)20-18(21)19-10-9-16-7-5-4-6-8-16/h7,11-12H,4-6,8-10H2,1-3H3,(H2,19,20,21). The summed E-state index contributed by atoms with van der Waals surface area (Å²) in [6, 6.07) is 4.37. The van der Waals surface area contributed by atoms with Crippen LogP contribution in [0, 0.1) is 20.8 Å². The lowest BCUT2D eigenvalue weighted by Crippen LogP contribution is -2.29. The van der Waals surface area contributed by atoms with Crippen LogP contribution in [0.3, 0.4) is 0 Å². The highest BCUT2D eigenvalue weighted by atomic mass is 32.1. The highest BCUT2D eigenvalue weighted by Gasteiger charge is 2.05. The molecule has 2 rings (SSSR count). The lowest BCUT2D eigenvalue weighted by atomic mass is 9.97. The smallest absolute Gasteiger partial charge is 0.170 e. The summed E-state index contributed by atoms with van der Waals surface area (Å²) in [7, 11) is 0. The lowest BCUT2D eigenvalue weighted by Gasteiger charge is -2.16. The van der Waals surface area contributed by atoms with Gasteiger partial charge in [-0.3, -0.25) is 0 Å². The van der Waals surface area contributed by atoms with E-state index in [2.05, 4.69) is 49.6 Å². The van der Waals surface area contributed by atoms with Gasteiger partial charge in [0, 0.05) is 12.2 Å². The monoisotopic (exact) mass is 302 g/mol. The molecular formula is C18H26N2S. The first-order valence-electron chi connectivity index (χ1n) is 7.87. The molecule has 1 aliphatic carbocycles. The predicted octanol–water partition coefficient (Wildman–Crippen LogP) is 4.79. The molecule has 1 aliphatic rings. The molecule has 0 saturated heterocycles. The summed E-state index contributed by atoms with van der Waals surface area (Å²) in [4.78, 5) is 0. The summed E-state index contributed by atoms with van der Waals surface area (Å²) in [5.74, 6) is 0. The van der Waals surface area contributed by atoms with E-state index in [1.165, 1.54) is 42.4 Å². The van der Waals surface area contributed by atoms with Crippen molar-refractivity contribution >= 4 is 23.0 Å². The fraction of sp³-hybridized carbons (Fsp3) is 0.500. The van der Waals surface area contributed by atoms with Crippen molar-refractivity contribution in [1.82, 2.24) is 5.32 Å². The zero-order valence-corrected chi connectivity index (χ0v) is 14.2. The molecule has 0 unspecified atom stereocenters. The van der Waals surface area contributed by atoms with Gasteiger partial charge in [-0.25, -0.2) is 0 Å². The van der Waals surface area contributed by atoms with Crippen LogP contribution in [-0.2, 0) is 0 Å². The number of allylic oxidation sites excluding steroid dienone is 1. The van der Waals surface area contributed by atoms with Crippen LogP contribution in [-0.4, -0.2) is 11.7 Å². The quantitative estimate of drug-likeness (QED) is 0.618. The third kappa shape index (κ3) is 4.85. The van der Waals surface area contributed by atoms with Crippen molar-refractivity contribution in [2.45, 2.75) is 52.9 Å². The fourth-order valence-corrected chi connectivity index (χ4v) is 2.94. The Bertz CT molecular complexity index is 546. The number of aryl methyl sites for hydroxylation is 3. The third-order valence-corrected chi connectivity index (χ3v) is 4.45. The Morgan fingerprint density at radius 1 is 1.10 bits per heavy atom. The molecular weight excluding hydrogens is 276 g/mol. The molecule has 21 heavy (non-hydrogen) atoms. The molecule has 3 heteroatoms. The van der Waals surface area contributed by atoms with Crippen LogP contribution in [0.5, 0.6) is 0 Å². The van der Waals surface area contributed by atoms with E-state index in [9.17, 15) is 0 Å². The second-order valence-corrected chi connectivity index (χ2v) is 6.40. The number of anilines is 1. The molecule has 0 amide bonds. The minimum atomic E-state index is 0.720. The van der Waals surface area contributed by atoms with Gasteiger partial charge < -0.3 is 10.6 Å². The van der Waals surface area contributed by atoms with Crippen LogP contribution in [0.15, 0.2) is 23.8 Å². The minimum Gasteiger partial charge on any atom is -0.362 e. The van der Waals surface area contributed by atoms with E-state index in [1.807, 2.05) is 0 Å². The Hall–Kier alpha value is -1.35. The lowest BCUT2D eigenvalue weighted by molar-refractivity contribution is 0.669. The van der Waals surface area contributed by atoms with Crippen molar-refractivity contribution < 1.29 is 0 Å². The van der Waals surface area contributed by atoms with Crippen molar-refractivity contribution in [3.8, 4) is 0 Å². The van der Waals surface area contributed by atoms with Crippen molar-refractivity contribution in [3.63, 3.8) is 0 Å².